The molecular weight excluding hydrogens is 630 g/mol. The molecule has 0 saturated carbocycles. The van der Waals surface area contributed by atoms with Crippen molar-refractivity contribution in [2.45, 2.75) is 39.5 Å². The van der Waals surface area contributed by atoms with Gasteiger partial charge in [0, 0.05) is 22.3 Å². The van der Waals surface area contributed by atoms with Crippen LogP contribution in [0.4, 0.5) is 0 Å². The van der Waals surface area contributed by atoms with Crippen LogP contribution in [0.5, 0.6) is 0 Å². The van der Waals surface area contributed by atoms with Gasteiger partial charge in [0.25, 0.3) is 0 Å². The lowest BCUT2D eigenvalue weighted by molar-refractivity contribution is 0.103. The van der Waals surface area contributed by atoms with Crippen molar-refractivity contribution in [3.05, 3.63) is 167 Å². The van der Waals surface area contributed by atoms with Gasteiger partial charge in [0.2, 0.25) is 13.4 Å². The van der Waals surface area contributed by atoms with Crippen LogP contribution in [0.15, 0.2) is 133 Å². The first-order valence-corrected chi connectivity index (χ1v) is 18.6. The average molecular weight is 666 g/mol. The Morgan fingerprint density at radius 1 is 0.365 bits per heavy atom. The maximum absolute atomic E-state index is 13.9. The summed E-state index contributed by atoms with van der Waals surface area (Å²) in [5, 5.41) is 7.61. The third kappa shape index (κ3) is 4.21. The van der Waals surface area contributed by atoms with Crippen molar-refractivity contribution in [3.8, 4) is 0 Å². The molecule has 0 saturated heterocycles. The number of carbonyl (C=O) groups excluding carboxylic acids is 2. The van der Waals surface area contributed by atoms with E-state index in [1.807, 2.05) is 48.5 Å². The molecule has 2 aliphatic rings. The predicted octanol–water partition coefficient (Wildman–Crippen LogP) is 6.95. The highest BCUT2D eigenvalue weighted by atomic mass is 16.1. The molecule has 2 nitrogen and oxygen atoms in total. The molecule has 10 rings (SSSR count). The number of carbonyl (C=O) groups is 2. The lowest BCUT2D eigenvalue weighted by Gasteiger charge is -2.30. The molecule has 4 heteroatoms. The monoisotopic (exact) mass is 666 g/mol. The number of hydrogen-bond donors (Lipinski definition) is 0. The van der Waals surface area contributed by atoms with Crippen molar-refractivity contribution < 1.29 is 9.59 Å². The molecule has 0 fully saturated rings. The van der Waals surface area contributed by atoms with E-state index in [-0.39, 0.29) is 36.8 Å². The van der Waals surface area contributed by atoms with Crippen LogP contribution in [0.3, 0.4) is 0 Å². The minimum atomic E-state index is -0.0840. The fraction of sp³-hybridized carbons (Fsp3) is 0.125. The molecule has 0 amide bonds. The molecule has 0 unspecified atom stereocenters. The third-order valence-electron chi connectivity index (χ3n) is 12.0. The topological polar surface area (TPSA) is 34.1 Å². The van der Waals surface area contributed by atoms with Crippen LogP contribution in [0.25, 0.3) is 32.3 Å². The van der Waals surface area contributed by atoms with Gasteiger partial charge in [0.1, 0.15) is 0 Å². The summed E-state index contributed by atoms with van der Waals surface area (Å²) >= 11 is 0. The first-order chi connectivity index (χ1) is 25.3. The quantitative estimate of drug-likeness (QED) is 0.151. The minimum absolute atomic E-state index is 0.0840. The van der Waals surface area contributed by atoms with E-state index in [2.05, 4.69) is 113 Å². The van der Waals surface area contributed by atoms with Gasteiger partial charge in [0.05, 0.1) is 0 Å². The lowest BCUT2D eigenvalue weighted by Crippen LogP contribution is -2.58. The molecule has 0 radical (unpaired) electrons. The molecule has 2 heterocycles. The van der Waals surface area contributed by atoms with E-state index < -0.39 is 0 Å². The van der Waals surface area contributed by atoms with Gasteiger partial charge in [-0.3, -0.25) is 9.59 Å². The second-order valence-electron chi connectivity index (χ2n) is 15.4. The number of ketones is 2. The minimum Gasteiger partial charge on any atom is -0.289 e. The van der Waals surface area contributed by atoms with Crippen molar-refractivity contribution in [2.75, 3.05) is 0 Å². The SMILES string of the molecule is CC(C)c1cc(B2c3ccccc3C(=O)c3ccccc32)c2ccc3c(C(C)C)cc(B4c5ccccc5C(=O)c5ccccc54)c4ccc1c2c43. The van der Waals surface area contributed by atoms with Gasteiger partial charge < -0.3 is 0 Å². The van der Waals surface area contributed by atoms with E-state index in [0.717, 1.165) is 44.1 Å². The van der Waals surface area contributed by atoms with Crippen LogP contribution >= 0.6 is 0 Å². The Bertz CT molecular complexity index is 2520. The zero-order chi connectivity index (χ0) is 35.4. The molecule has 0 aliphatic carbocycles. The van der Waals surface area contributed by atoms with Gasteiger partial charge in [-0.15, -0.1) is 0 Å². The molecule has 0 N–H and O–H groups in total. The first-order valence-electron chi connectivity index (χ1n) is 18.6. The van der Waals surface area contributed by atoms with Crippen LogP contribution in [-0.4, -0.2) is 25.0 Å². The number of fused-ring (bicyclic) bond motifs is 4. The van der Waals surface area contributed by atoms with E-state index in [1.165, 1.54) is 54.4 Å². The van der Waals surface area contributed by atoms with E-state index in [9.17, 15) is 9.59 Å². The largest absolute Gasteiger partial charge is 0.289 e. The van der Waals surface area contributed by atoms with E-state index in [4.69, 9.17) is 0 Å². The molecular formula is C48H36B2O2. The molecule has 8 aromatic carbocycles. The smallest absolute Gasteiger partial charge is 0.243 e. The van der Waals surface area contributed by atoms with Gasteiger partial charge in [-0.05, 0) is 55.3 Å². The molecule has 52 heavy (non-hydrogen) atoms. The van der Waals surface area contributed by atoms with E-state index in [1.54, 1.807) is 0 Å². The van der Waals surface area contributed by atoms with Gasteiger partial charge in [-0.1, -0.05) is 194 Å². The standard InChI is InChI=1S/C48H36B2O2/c1-27(2)37-25-43(49-39-17-9-5-13-33(39)47(51)34-14-6-10-18-40(34)49)31-24-22-30-38(28(3)4)26-44(32-23-21-29(37)45(31)46(30)32)50-41-19-11-7-15-35(41)48(52)36-16-8-12-20-42(36)50/h5-28H,1-4H3. The fourth-order valence-electron chi connectivity index (χ4n) is 9.65. The summed E-state index contributed by atoms with van der Waals surface area (Å²) in [4.78, 5) is 27.7. The van der Waals surface area contributed by atoms with Crippen LogP contribution in [0.2, 0.25) is 0 Å². The number of benzene rings is 8. The van der Waals surface area contributed by atoms with Crippen molar-refractivity contribution >= 4 is 90.1 Å². The maximum atomic E-state index is 13.9. The predicted molar refractivity (Wildman–Crippen MR) is 220 cm³/mol. The zero-order valence-electron chi connectivity index (χ0n) is 29.8. The molecule has 0 atom stereocenters. The summed E-state index contributed by atoms with van der Waals surface area (Å²) in [5.74, 6) is 0.765. The second-order valence-corrected chi connectivity index (χ2v) is 15.4. The van der Waals surface area contributed by atoms with Crippen molar-refractivity contribution in [1.29, 1.82) is 0 Å². The normalized spacial score (nSPS) is 13.7. The van der Waals surface area contributed by atoms with Crippen LogP contribution in [-0.2, 0) is 0 Å². The number of rotatable bonds is 4. The Labute approximate surface area is 305 Å². The highest BCUT2D eigenvalue weighted by molar-refractivity contribution is 7.00. The van der Waals surface area contributed by atoms with Crippen LogP contribution < -0.4 is 32.8 Å². The lowest BCUT2D eigenvalue weighted by atomic mass is 9.32. The fourth-order valence-corrected chi connectivity index (χ4v) is 9.65. The molecule has 0 spiro atoms. The summed E-state index contributed by atoms with van der Waals surface area (Å²) in [6.45, 7) is 9.00. The van der Waals surface area contributed by atoms with Crippen molar-refractivity contribution in [2.24, 2.45) is 0 Å². The Balaban J connectivity index is 1.35. The summed E-state index contributed by atoms with van der Waals surface area (Å²) in [7, 11) is 0. The Morgan fingerprint density at radius 2 is 0.654 bits per heavy atom. The maximum Gasteiger partial charge on any atom is 0.243 e. The summed E-state index contributed by atoms with van der Waals surface area (Å²) in [5.41, 5.74) is 12.6. The molecule has 2 aliphatic heterocycles. The first kappa shape index (κ1) is 31.0. The molecule has 246 valence electrons. The van der Waals surface area contributed by atoms with Crippen molar-refractivity contribution in [3.63, 3.8) is 0 Å². The van der Waals surface area contributed by atoms with E-state index >= 15 is 0 Å². The van der Waals surface area contributed by atoms with Crippen LogP contribution in [0.1, 0.15) is 82.5 Å². The summed E-state index contributed by atoms with van der Waals surface area (Å²) in [6, 6.07) is 47.0. The van der Waals surface area contributed by atoms with Gasteiger partial charge in [0.15, 0.2) is 11.6 Å². The second kappa shape index (κ2) is 11.4. The van der Waals surface area contributed by atoms with Gasteiger partial charge >= 0.3 is 0 Å². The zero-order valence-corrected chi connectivity index (χ0v) is 29.8. The van der Waals surface area contributed by atoms with Gasteiger partial charge in [-0.25, -0.2) is 0 Å². The van der Waals surface area contributed by atoms with Gasteiger partial charge in [-0.2, -0.15) is 0 Å². The molecule has 0 aromatic heterocycles. The Kier molecular flexibility index (Phi) is 6.80. The average Bonchev–Trinajstić information content (AvgIpc) is 3.17. The summed E-state index contributed by atoms with van der Waals surface area (Å²) in [6.07, 6.45) is 0. The third-order valence-corrected chi connectivity index (χ3v) is 12.0. The highest BCUT2D eigenvalue weighted by Crippen LogP contribution is 2.40. The van der Waals surface area contributed by atoms with E-state index in [0.29, 0.717) is 0 Å². The summed E-state index contributed by atoms with van der Waals surface area (Å²) < 4.78 is 0. The van der Waals surface area contributed by atoms with Crippen LogP contribution in [0, 0.1) is 0 Å². The highest BCUT2D eigenvalue weighted by Gasteiger charge is 2.38. The molecule has 8 aromatic rings. The van der Waals surface area contributed by atoms with Crippen molar-refractivity contribution in [1.82, 2.24) is 0 Å². The Morgan fingerprint density at radius 3 is 0.962 bits per heavy atom. The number of hydrogen-bond acceptors (Lipinski definition) is 2. The molecule has 0 bridgehead atoms. The Hall–Kier alpha value is -5.73.